The SMILES string of the molecule is O=c1c2cccnc2cnn1Cc1nc([C@H]2C[C@](F)(c3ccc(Cl)cc3)C2)no1. The van der Waals surface area contributed by atoms with E-state index in [4.69, 9.17) is 16.1 Å². The molecule has 0 spiro atoms. The summed E-state index contributed by atoms with van der Waals surface area (Å²) in [4.78, 5) is 21.0. The number of benzene rings is 1. The average Bonchev–Trinajstić information content (AvgIpc) is 3.16. The van der Waals surface area contributed by atoms with Crippen molar-refractivity contribution in [3.63, 3.8) is 0 Å². The van der Waals surface area contributed by atoms with Crippen LogP contribution in [0, 0.1) is 0 Å². The molecule has 1 aromatic carbocycles. The van der Waals surface area contributed by atoms with Crippen molar-refractivity contribution < 1.29 is 8.91 Å². The van der Waals surface area contributed by atoms with Crippen LogP contribution in [0.15, 0.2) is 58.1 Å². The van der Waals surface area contributed by atoms with Crippen LogP contribution < -0.4 is 5.56 Å². The van der Waals surface area contributed by atoms with Gasteiger partial charge in [0.15, 0.2) is 5.82 Å². The third kappa shape index (κ3) is 3.19. The van der Waals surface area contributed by atoms with Gasteiger partial charge < -0.3 is 4.52 Å². The van der Waals surface area contributed by atoms with Crippen LogP contribution >= 0.6 is 11.6 Å². The van der Waals surface area contributed by atoms with Gasteiger partial charge in [0.25, 0.3) is 5.56 Å². The van der Waals surface area contributed by atoms with E-state index in [1.165, 1.54) is 10.9 Å². The van der Waals surface area contributed by atoms with E-state index in [1.807, 2.05) is 0 Å². The molecule has 0 atom stereocenters. The van der Waals surface area contributed by atoms with Crippen LogP contribution in [0.25, 0.3) is 10.9 Å². The Morgan fingerprint density at radius 3 is 2.83 bits per heavy atom. The lowest BCUT2D eigenvalue weighted by atomic mass is 9.68. The number of hydrogen-bond acceptors (Lipinski definition) is 6. The van der Waals surface area contributed by atoms with Crippen LogP contribution in [-0.4, -0.2) is 24.9 Å². The zero-order valence-corrected chi connectivity index (χ0v) is 15.9. The Morgan fingerprint density at radius 2 is 2.03 bits per heavy atom. The summed E-state index contributed by atoms with van der Waals surface area (Å²) in [5.41, 5.74) is -0.581. The average molecular weight is 412 g/mol. The highest BCUT2D eigenvalue weighted by Gasteiger charge is 2.48. The van der Waals surface area contributed by atoms with Crippen molar-refractivity contribution in [1.29, 1.82) is 0 Å². The van der Waals surface area contributed by atoms with Gasteiger partial charge >= 0.3 is 0 Å². The normalized spacial score (nSPS) is 21.2. The Hall–Kier alpha value is -3.13. The lowest BCUT2D eigenvalue weighted by molar-refractivity contribution is 0.0336. The van der Waals surface area contributed by atoms with Crippen molar-refractivity contribution in [2.24, 2.45) is 0 Å². The summed E-state index contributed by atoms with van der Waals surface area (Å²) in [6, 6.07) is 10.1. The molecule has 0 radical (unpaired) electrons. The number of fused-ring (bicyclic) bond motifs is 1. The second-order valence-electron chi connectivity index (χ2n) is 7.17. The Labute approximate surface area is 169 Å². The highest BCUT2D eigenvalue weighted by atomic mass is 35.5. The van der Waals surface area contributed by atoms with Gasteiger partial charge in [-0.1, -0.05) is 28.9 Å². The molecule has 0 saturated heterocycles. The molecule has 1 aliphatic rings. The molecule has 0 bridgehead atoms. The molecule has 7 nitrogen and oxygen atoms in total. The van der Waals surface area contributed by atoms with Gasteiger partial charge in [0, 0.05) is 17.1 Å². The van der Waals surface area contributed by atoms with Crippen LogP contribution in [0.2, 0.25) is 5.02 Å². The summed E-state index contributed by atoms with van der Waals surface area (Å²) in [7, 11) is 0. The number of aromatic nitrogens is 5. The fraction of sp³-hybridized carbons (Fsp3) is 0.250. The summed E-state index contributed by atoms with van der Waals surface area (Å²) in [6.45, 7) is 0.0430. The molecular formula is C20H15ClFN5O2. The van der Waals surface area contributed by atoms with E-state index in [0.717, 1.165) is 0 Å². The summed E-state index contributed by atoms with van der Waals surface area (Å²) < 4.78 is 21.6. The largest absolute Gasteiger partial charge is 0.337 e. The molecular weight excluding hydrogens is 397 g/mol. The molecule has 0 unspecified atom stereocenters. The van der Waals surface area contributed by atoms with E-state index in [1.54, 1.807) is 42.6 Å². The maximum absolute atomic E-state index is 15.1. The number of alkyl halides is 1. The first-order chi connectivity index (χ1) is 14.0. The molecule has 5 rings (SSSR count). The highest BCUT2D eigenvalue weighted by Crippen LogP contribution is 2.53. The van der Waals surface area contributed by atoms with E-state index < -0.39 is 5.67 Å². The molecule has 3 aromatic heterocycles. The Kier molecular flexibility index (Phi) is 4.16. The Balaban J connectivity index is 1.32. The van der Waals surface area contributed by atoms with E-state index >= 15 is 4.39 Å². The number of halogens is 2. The predicted octanol–water partition coefficient (Wildman–Crippen LogP) is 3.62. The second-order valence-corrected chi connectivity index (χ2v) is 7.60. The van der Waals surface area contributed by atoms with E-state index in [-0.39, 0.29) is 36.8 Å². The smallest absolute Gasteiger partial charge is 0.276 e. The van der Waals surface area contributed by atoms with Crippen molar-refractivity contribution >= 4 is 22.5 Å². The molecule has 0 N–H and O–H groups in total. The third-order valence-corrected chi connectivity index (χ3v) is 5.51. The molecule has 0 aliphatic heterocycles. The number of rotatable bonds is 4. The van der Waals surface area contributed by atoms with Crippen molar-refractivity contribution in [1.82, 2.24) is 24.9 Å². The van der Waals surface area contributed by atoms with E-state index in [9.17, 15) is 4.79 Å². The van der Waals surface area contributed by atoms with Crippen molar-refractivity contribution in [3.05, 3.63) is 81.4 Å². The summed E-state index contributed by atoms with van der Waals surface area (Å²) in [6.07, 6.45) is 3.66. The zero-order valence-electron chi connectivity index (χ0n) is 15.1. The summed E-state index contributed by atoms with van der Waals surface area (Å²) >= 11 is 5.87. The second kappa shape index (κ2) is 6.73. The first-order valence-corrected chi connectivity index (χ1v) is 9.48. The molecule has 29 heavy (non-hydrogen) atoms. The summed E-state index contributed by atoms with van der Waals surface area (Å²) in [5, 5.41) is 9.11. The van der Waals surface area contributed by atoms with Crippen LogP contribution in [0.3, 0.4) is 0 Å². The van der Waals surface area contributed by atoms with Crippen molar-refractivity contribution in [3.8, 4) is 0 Å². The Bertz CT molecular complexity index is 1250. The van der Waals surface area contributed by atoms with Crippen LogP contribution in [0.4, 0.5) is 4.39 Å². The molecule has 146 valence electrons. The fourth-order valence-corrected chi connectivity index (χ4v) is 3.77. The zero-order chi connectivity index (χ0) is 20.0. The van der Waals surface area contributed by atoms with Crippen LogP contribution in [0.5, 0.6) is 0 Å². The van der Waals surface area contributed by atoms with Gasteiger partial charge in [-0.25, -0.2) is 9.07 Å². The lowest BCUT2D eigenvalue weighted by Gasteiger charge is -2.40. The van der Waals surface area contributed by atoms with Gasteiger partial charge in [0.2, 0.25) is 5.89 Å². The molecule has 0 amide bonds. The Morgan fingerprint density at radius 1 is 1.24 bits per heavy atom. The van der Waals surface area contributed by atoms with Gasteiger partial charge in [-0.05, 0) is 42.7 Å². The van der Waals surface area contributed by atoms with Gasteiger partial charge in [-0.15, -0.1) is 0 Å². The fourth-order valence-electron chi connectivity index (χ4n) is 3.64. The van der Waals surface area contributed by atoms with Crippen LogP contribution in [0.1, 0.15) is 36.0 Å². The number of hydrogen-bond donors (Lipinski definition) is 0. The molecule has 1 fully saturated rings. The van der Waals surface area contributed by atoms with Crippen LogP contribution in [-0.2, 0) is 12.2 Å². The van der Waals surface area contributed by atoms with Gasteiger partial charge in [-0.3, -0.25) is 9.78 Å². The summed E-state index contributed by atoms with van der Waals surface area (Å²) in [5.74, 6) is 0.553. The minimum atomic E-state index is -1.42. The maximum atomic E-state index is 15.1. The molecule has 4 aromatic rings. The van der Waals surface area contributed by atoms with Crippen molar-refractivity contribution in [2.45, 2.75) is 31.0 Å². The quantitative estimate of drug-likeness (QED) is 0.509. The van der Waals surface area contributed by atoms with Gasteiger partial charge in [0.05, 0.1) is 17.1 Å². The van der Waals surface area contributed by atoms with E-state index in [0.29, 0.717) is 27.3 Å². The predicted molar refractivity (Wildman–Crippen MR) is 103 cm³/mol. The minimum absolute atomic E-state index is 0.0430. The lowest BCUT2D eigenvalue weighted by Crippen LogP contribution is -2.36. The minimum Gasteiger partial charge on any atom is -0.337 e. The van der Waals surface area contributed by atoms with Gasteiger partial charge in [0.1, 0.15) is 12.2 Å². The topological polar surface area (TPSA) is 86.7 Å². The molecule has 9 heteroatoms. The monoisotopic (exact) mass is 411 g/mol. The van der Waals surface area contributed by atoms with Gasteiger partial charge in [-0.2, -0.15) is 10.1 Å². The first kappa shape index (κ1) is 17.9. The first-order valence-electron chi connectivity index (χ1n) is 9.10. The third-order valence-electron chi connectivity index (χ3n) is 5.26. The maximum Gasteiger partial charge on any atom is 0.276 e. The van der Waals surface area contributed by atoms with Crippen molar-refractivity contribution in [2.75, 3.05) is 0 Å². The number of nitrogens with zero attached hydrogens (tertiary/aromatic N) is 5. The van der Waals surface area contributed by atoms with E-state index in [2.05, 4.69) is 20.2 Å². The molecule has 1 aliphatic carbocycles. The molecule has 1 saturated carbocycles. The highest BCUT2D eigenvalue weighted by molar-refractivity contribution is 6.30. The number of pyridine rings is 1. The standard InChI is InChI=1S/C20H15ClFN5O2/c21-14-5-3-13(4-6-14)20(22)8-12(9-20)18-25-17(29-26-18)11-27-19(28)15-2-1-7-23-16(15)10-24-27/h1-7,10,12H,8-9,11H2/t12-,20+. The molecule has 3 heterocycles.